The molecule has 0 aliphatic carbocycles. The first kappa shape index (κ1) is 15.4. The second-order valence-electron chi connectivity index (χ2n) is 5.01. The van der Waals surface area contributed by atoms with Crippen LogP contribution >= 0.6 is 0 Å². The highest BCUT2D eigenvalue weighted by Crippen LogP contribution is 2.11. The van der Waals surface area contributed by atoms with Crippen molar-refractivity contribution in [2.75, 3.05) is 33.1 Å². The Morgan fingerprint density at radius 1 is 1.47 bits per heavy atom. The Labute approximate surface area is 114 Å². The molecule has 0 radical (unpaired) electrons. The average Bonchev–Trinajstić information content (AvgIpc) is 2.36. The molecule has 0 amide bonds. The zero-order valence-electron chi connectivity index (χ0n) is 12.2. The lowest BCUT2D eigenvalue weighted by molar-refractivity contribution is 0.0587. The maximum absolute atomic E-state index is 11.4. The highest BCUT2D eigenvalue weighted by Gasteiger charge is 2.16. The summed E-state index contributed by atoms with van der Waals surface area (Å²) in [5.41, 5.74) is 0. The van der Waals surface area contributed by atoms with Gasteiger partial charge in [0.05, 0.1) is 7.11 Å². The van der Waals surface area contributed by atoms with E-state index in [4.69, 9.17) is 0 Å². The maximum atomic E-state index is 11.4. The molecule has 1 aromatic rings. The Balaban J connectivity index is 2.81. The summed E-state index contributed by atoms with van der Waals surface area (Å²) >= 11 is 0. The fraction of sp³-hybridized carbons (Fsp3) is 0.615. The number of likely N-dealkylation sites (N-methyl/N-ethyl adjacent to an activating group) is 1. The highest BCUT2D eigenvalue weighted by atomic mass is 16.5. The monoisotopic (exact) mass is 266 g/mol. The van der Waals surface area contributed by atoms with Crippen molar-refractivity contribution in [1.29, 1.82) is 0 Å². The first-order chi connectivity index (χ1) is 8.93. The number of carbonyl (C=O) groups excluding carboxylic acids is 1. The molecular formula is C13H22N4O2. The van der Waals surface area contributed by atoms with Gasteiger partial charge < -0.3 is 15.0 Å². The van der Waals surface area contributed by atoms with Crippen LogP contribution in [0.1, 0.15) is 24.5 Å². The van der Waals surface area contributed by atoms with Gasteiger partial charge in [-0.25, -0.2) is 14.8 Å². The Morgan fingerprint density at radius 2 is 2.16 bits per heavy atom. The number of esters is 1. The summed E-state index contributed by atoms with van der Waals surface area (Å²) in [5, 5.41) is 3.33. The van der Waals surface area contributed by atoms with E-state index in [1.54, 1.807) is 12.3 Å². The van der Waals surface area contributed by atoms with E-state index in [0.717, 1.165) is 6.54 Å². The molecule has 1 heterocycles. The summed E-state index contributed by atoms with van der Waals surface area (Å²) in [6, 6.07) is 1.99. The van der Waals surface area contributed by atoms with Crippen molar-refractivity contribution < 1.29 is 9.53 Å². The summed E-state index contributed by atoms with van der Waals surface area (Å²) in [5.74, 6) is 0.618. The third kappa shape index (κ3) is 4.82. The van der Waals surface area contributed by atoms with Crippen LogP contribution in [0.5, 0.6) is 0 Å². The van der Waals surface area contributed by atoms with Crippen LogP contribution < -0.4 is 5.32 Å². The molecule has 0 aliphatic heterocycles. The van der Waals surface area contributed by atoms with Gasteiger partial charge in [-0.15, -0.1) is 0 Å². The number of nitrogens with one attached hydrogen (secondary N) is 1. The fourth-order valence-electron chi connectivity index (χ4n) is 1.64. The number of aromatic nitrogens is 2. The van der Waals surface area contributed by atoms with Crippen LogP contribution in [0.15, 0.2) is 12.3 Å². The second-order valence-corrected chi connectivity index (χ2v) is 5.01. The Hall–Kier alpha value is -1.69. The van der Waals surface area contributed by atoms with Gasteiger partial charge in [-0.2, -0.15) is 0 Å². The smallest absolute Gasteiger partial charge is 0.376 e. The number of carbonyl (C=O) groups is 1. The van der Waals surface area contributed by atoms with Crippen LogP contribution in [0.2, 0.25) is 0 Å². The first-order valence-electron chi connectivity index (χ1n) is 6.26. The molecule has 0 saturated heterocycles. The van der Waals surface area contributed by atoms with E-state index in [2.05, 4.69) is 38.8 Å². The summed E-state index contributed by atoms with van der Waals surface area (Å²) in [6.07, 6.45) is 1.55. The molecule has 6 nitrogen and oxygen atoms in total. The fourth-order valence-corrected chi connectivity index (χ4v) is 1.64. The van der Waals surface area contributed by atoms with Gasteiger partial charge in [0.25, 0.3) is 0 Å². The second kappa shape index (κ2) is 7.04. The van der Waals surface area contributed by atoms with E-state index < -0.39 is 5.97 Å². The molecule has 0 aromatic carbocycles. The van der Waals surface area contributed by atoms with Gasteiger partial charge in [-0.3, -0.25) is 0 Å². The predicted molar refractivity (Wildman–Crippen MR) is 74.2 cm³/mol. The summed E-state index contributed by atoms with van der Waals surface area (Å²) in [6.45, 7) is 5.17. The summed E-state index contributed by atoms with van der Waals surface area (Å²) < 4.78 is 4.61. The minimum atomic E-state index is -0.530. The molecular weight excluding hydrogens is 244 g/mol. The standard InChI is InChI=1S/C13H22N4O2/c1-9(2)10(8-17(3)4)15-11-6-7-14-12(16-11)13(18)19-5/h6-7,9-10H,8H2,1-5H3,(H,14,15,16). The third-order valence-corrected chi connectivity index (χ3v) is 2.72. The zero-order chi connectivity index (χ0) is 14.4. The largest absolute Gasteiger partial charge is 0.463 e. The number of methoxy groups -OCH3 is 1. The molecule has 19 heavy (non-hydrogen) atoms. The number of hydrogen-bond donors (Lipinski definition) is 1. The zero-order valence-corrected chi connectivity index (χ0v) is 12.2. The minimum Gasteiger partial charge on any atom is -0.463 e. The van der Waals surface area contributed by atoms with Gasteiger partial charge in [0.15, 0.2) is 0 Å². The normalized spacial score (nSPS) is 12.6. The summed E-state index contributed by atoms with van der Waals surface area (Å²) in [7, 11) is 5.36. The molecule has 1 rings (SSSR count). The van der Waals surface area contributed by atoms with E-state index >= 15 is 0 Å². The molecule has 0 aliphatic rings. The van der Waals surface area contributed by atoms with Crippen LogP contribution in [0, 0.1) is 5.92 Å². The van der Waals surface area contributed by atoms with Gasteiger partial charge in [0.1, 0.15) is 5.82 Å². The molecule has 1 atom stereocenters. The van der Waals surface area contributed by atoms with Gasteiger partial charge in [-0.05, 0) is 26.1 Å². The van der Waals surface area contributed by atoms with Crippen molar-refractivity contribution in [2.45, 2.75) is 19.9 Å². The third-order valence-electron chi connectivity index (χ3n) is 2.72. The molecule has 1 unspecified atom stereocenters. The maximum Gasteiger partial charge on any atom is 0.376 e. The van der Waals surface area contributed by atoms with E-state index in [1.165, 1.54) is 7.11 Å². The molecule has 6 heteroatoms. The van der Waals surface area contributed by atoms with E-state index in [1.807, 2.05) is 14.1 Å². The van der Waals surface area contributed by atoms with Gasteiger partial charge >= 0.3 is 5.97 Å². The lowest BCUT2D eigenvalue weighted by Crippen LogP contribution is -2.36. The van der Waals surface area contributed by atoms with Crippen molar-refractivity contribution >= 4 is 11.8 Å². The van der Waals surface area contributed by atoms with Gasteiger partial charge in [-0.1, -0.05) is 13.8 Å². The van der Waals surface area contributed by atoms with Crippen LogP contribution in [0.25, 0.3) is 0 Å². The highest BCUT2D eigenvalue weighted by molar-refractivity contribution is 5.85. The lowest BCUT2D eigenvalue weighted by Gasteiger charge is -2.26. The number of hydrogen-bond acceptors (Lipinski definition) is 6. The quantitative estimate of drug-likeness (QED) is 0.782. The van der Waals surface area contributed by atoms with Crippen molar-refractivity contribution in [1.82, 2.24) is 14.9 Å². The lowest BCUT2D eigenvalue weighted by atomic mass is 10.0. The Morgan fingerprint density at radius 3 is 2.68 bits per heavy atom. The number of ether oxygens (including phenoxy) is 1. The Kier molecular flexibility index (Phi) is 5.69. The van der Waals surface area contributed by atoms with Crippen LogP contribution in [-0.2, 0) is 4.74 Å². The van der Waals surface area contributed by atoms with Crippen LogP contribution in [0.3, 0.4) is 0 Å². The number of anilines is 1. The van der Waals surface area contributed by atoms with Gasteiger partial charge in [0, 0.05) is 18.8 Å². The minimum absolute atomic E-state index is 0.0693. The van der Waals surface area contributed by atoms with Crippen LogP contribution in [-0.4, -0.2) is 54.6 Å². The average molecular weight is 266 g/mol. The molecule has 1 N–H and O–H groups in total. The predicted octanol–water partition coefficient (Wildman–Crippen LogP) is 1.26. The molecule has 0 fully saturated rings. The van der Waals surface area contributed by atoms with E-state index in [0.29, 0.717) is 11.7 Å². The Bertz CT molecular complexity index is 421. The SMILES string of the molecule is COC(=O)c1nccc(NC(CN(C)C)C(C)C)n1. The van der Waals surface area contributed by atoms with Crippen LogP contribution in [0.4, 0.5) is 5.82 Å². The molecule has 106 valence electrons. The first-order valence-corrected chi connectivity index (χ1v) is 6.26. The van der Waals surface area contributed by atoms with Crippen molar-refractivity contribution in [3.63, 3.8) is 0 Å². The van der Waals surface area contributed by atoms with Crippen molar-refractivity contribution in [2.24, 2.45) is 5.92 Å². The van der Waals surface area contributed by atoms with E-state index in [-0.39, 0.29) is 11.9 Å². The molecule has 1 aromatic heterocycles. The number of nitrogens with zero attached hydrogens (tertiary/aromatic N) is 3. The van der Waals surface area contributed by atoms with Gasteiger partial charge in [0.2, 0.25) is 5.82 Å². The van der Waals surface area contributed by atoms with E-state index in [9.17, 15) is 4.79 Å². The topological polar surface area (TPSA) is 67.3 Å². The molecule has 0 bridgehead atoms. The van der Waals surface area contributed by atoms with Crippen molar-refractivity contribution in [3.8, 4) is 0 Å². The summed E-state index contributed by atoms with van der Waals surface area (Å²) in [4.78, 5) is 21.5. The number of rotatable bonds is 6. The molecule has 0 saturated carbocycles. The van der Waals surface area contributed by atoms with Crippen molar-refractivity contribution in [3.05, 3.63) is 18.1 Å². The molecule has 0 spiro atoms.